The number of para-hydroxylation sites is 2. The summed E-state index contributed by atoms with van der Waals surface area (Å²) in [6.07, 6.45) is 6.64. The number of hydrogen-bond donors (Lipinski definition) is 1. The van der Waals surface area contributed by atoms with Crippen LogP contribution in [0.5, 0.6) is 5.75 Å². The largest absolute Gasteiger partial charge is 0.496 e. The van der Waals surface area contributed by atoms with Crippen molar-refractivity contribution < 1.29 is 9.47 Å². The van der Waals surface area contributed by atoms with Gasteiger partial charge in [0.1, 0.15) is 5.75 Å². The molecule has 1 N–H and O–H groups in total. The second kappa shape index (κ2) is 8.49. The predicted octanol–water partition coefficient (Wildman–Crippen LogP) is 6.10. The van der Waals surface area contributed by atoms with Gasteiger partial charge in [0, 0.05) is 16.7 Å². The third kappa shape index (κ3) is 4.05. The lowest BCUT2D eigenvalue weighted by Crippen LogP contribution is -2.34. The first-order chi connectivity index (χ1) is 13.5. The van der Waals surface area contributed by atoms with Gasteiger partial charge in [-0.25, -0.2) is 0 Å². The van der Waals surface area contributed by atoms with Crippen LogP contribution in [0.2, 0.25) is 0 Å². The van der Waals surface area contributed by atoms with Crippen LogP contribution in [0.1, 0.15) is 25.8 Å². The van der Waals surface area contributed by atoms with Crippen LogP contribution in [-0.4, -0.2) is 25.4 Å². The van der Waals surface area contributed by atoms with Crippen LogP contribution in [0, 0.1) is 0 Å². The molecule has 3 nitrogen and oxygen atoms in total. The monoisotopic (exact) mass is 375 g/mol. The van der Waals surface area contributed by atoms with Crippen LogP contribution in [0.4, 0.5) is 5.69 Å². The van der Waals surface area contributed by atoms with E-state index in [-0.39, 0.29) is 11.6 Å². The second-order valence-electron chi connectivity index (χ2n) is 7.51. The molecule has 1 aliphatic heterocycles. The molecule has 0 saturated heterocycles. The molecule has 3 heteroatoms. The van der Waals surface area contributed by atoms with Crippen molar-refractivity contribution in [2.45, 2.75) is 31.9 Å². The molecule has 0 bridgehead atoms. The fourth-order valence-corrected chi connectivity index (χ4v) is 3.73. The normalized spacial score (nSPS) is 15.6. The molecule has 2 aromatic rings. The predicted molar refractivity (Wildman–Crippen MR) is 119 cm³/mol. The van der Waals surface area contributed by atoms with Gasteiger partial charge >= 0.3 is 0 Å². The maximum absolute atomic E-state index is 6.10. The Morgan fingerprint density at radius 3 is 2.43 bits per heavy atom. The van der Waals surface area contributed by atoms with Gasteiger partial charge in [-0.05, 0) is 31.9 Å². The molecule has 146 valence electrons. The van der Waals surface area contributed by atoms with E-state index in [2.05, 4.69) is 62.7 Å². The van der Waals surface area contributed by atoms with E-state index < -0.39 is 0 Å². The van der Waals surface area contributed by atoms with Crippen LogP contribution < -0.4 is 10.1 Å². The minimum atomic E-state index is -0.211. The van der Waals surface area contributed by atoms with Crippen molar-refractivity contribution in [2.24, 2.45) is 0 Å². The topological polar surface area (TPSA) is 30.5 Å². The van der Waals surface area contributed by atoms with Gasteiger partial charge in [-0.15, -0.1) is 13.2 Å². The van der Waals surface area contributed by atoms with E-state index >= 15 is 0 Å². The maximum atomic E-state index is 6.10. The van der Waals surface area contributed by atoms with Gasteiger partial charge in [0.25, 0.3) is 0 Å². The van der Waals surface area contributed by atoms with Gasteiger partial charge in [0.05, 0.1) is 31.0 Å². The summed E-state index contributed by atoms with van der Waals surface area (Å²) in [4.78, 5) is 0. The Balaban J connectivity index is 2.16. The highest BCUT2D eigenvalue weighted by Gasteiger charge is 2.30. The number of nitrogens with one attached hydrogen (secondary N) is 1. The molecule has 3 rings (SSSR count). The van der Waals surface area contributed by atoms with E-state index in [0.29, 0.717) is 6.61 Å². The van der Waals surface area contributed by atoms with Gasteiger partial charge < -0.3 is 14.8 Å². The van der Waals surface area contributed by atoms with Crippen molar-refractivity contribution >= 4 is 11.3 Å². The highest BCUT2D eigenvalue weighted by Crippen LogP contribution is 2.44. The van der Waals surface area contributed by atoms with Crippen molar-refractivity contribution in [3.05, 3.63) is 79.4 Å². The van der Waals surface area contributed by atoms with E-state index in [4.69, 9.17) is 9.47 Å². The van der Waals surface area contributed by atoms with Crippen molar-refractivity contribution in [3.63, 3.8) is 0 Å². The molecule has 1 heterocycles. The van der Waals surface area contributed by atoms with E-state index in [9.17, 15) is 0 Å². The van der Waals surface area contributed by atoms with E-state index in [1.165, 1.54) is 5.57 Å². The lowest BCUT2D eigenvalue weighted by molar-refractivity contribution is 0.118. The lowest BCUT2D eigenvalue weighted by atomic mass is 9.84. The van der Waals surface area contributed by atoms with Gasteiger partial charge in [-0.2, -0.15) is 0 Å². The maximum Gasteiger partial charge on any atom is 0.126 e. The first kappa shape index (κ1) is 20.0. The van der Waals surface area contributed by atoms with Gasteiger partial charge in [0.15, 0.2) is 0 Å². The molecule has 28 heavy (non-hydrogen) atoms. The SMILES string of the molecule is C=CCOC(CC=C)C1=CC(C)(C)Nc2c1cccc2-c1ccccc1OC. The van der Waals surface area contributed by atoms with Crippen molar-refractivity contribution in [2.75, 3.05) is 19.0 Å². The van der Waals surface area contributed by atoms with Gasteiger partial charge in [0.2, 0.25) is 0 Å². The highest BCUT2D eigenvalue weighted by atomic mass is 16.5. The summed E-state index contributed by atoms with van der Waals surface area (Å²) < 4.78 is 11.7. The van der Waals surface area contributed by atoms with Crippen molar-refractivity contribution in [1.82, 2.24) is 0 Å². The second-order valence-corrected chi connectivity index (χ2v) is 7.51. The number of benzene rings is 2. The molecule has 0 fully saturated rings. The van der Waals surface area contributed by atoms with E-state index in [1.807, 2.05) is 24.3 Å². The Hall–Kier alpha value is -2.78. The zero-order valence-electron chi connectivity index (χ0n) is 17.0. The van der Waals surface area contributed by atoms with Crippen LogP contribution >= 0.6 is 0 Å². The molecule has 0 radical (unpaired) electrons. The summed E-state index contributed by atoms with van der Waals surface area (Å²) in [6.45, 7) is 12.6. The Labute approximate surface area is 168 Å². The molecule has 0 amide bonds. The summed E-state index contributed by atoms with van der Waals surface area (Å²) in [5.41, 5.74) is 5.41. The Bertz CT molecular complexity index is 895. The molecule has 2 aromatic carbocycles. The van der Waals surface area contributed by atoms with Crippen molar-refractivity contribution in [3.8, 4) is 16.9 Å². The van der Waals surface area contributed by atoms with Crippen molar-refractivity contribution in [1.29, 1.82) is 0 Å². The minimum absolute atomic E-state index is 0.0662. The molecule has 1 atom stereocenters. The van der Waals surface area contributed by atoms with E-state index in [0.717, 1.165) is 34.5 Å². The summed E-state index contributed by atoms with van der Waals surface area (Å²) in [7, 11) is 1.71. The summed E-state index contributed by atoms with van der Waals surface area (Å²) in [6, 6.07) is 14.5. The Morgan fingerprint density at radius 1 is 1.00 bits per heavy atom. The first-order valence-corrected chi connectivity index (χ1v) is 9.62. The third-order valence-electron chi connectivity index (χ3n) is 4.88. The Kier molecular flexibility index (Phi) is 6.05. The molecule has 0 aromatic heterocycles. The molecule has 0 spiro atoms. The van der Waals surface area contributed by atoms with Crippen LogP contribution in [-0.2, 0) is 4.74 Å². The molecule has 0 aliphatic carbocycles. The average Bonchev–Trinajstić information content (AvgIpc) is 2.69. The molecule has 1 unspecified atom stereocenters. The van der Waals surface area contributed by atoms with E-state index in [1.54, 1.807) is 13.2 Å². The lowest BCUT2D eigenvalue weighted by Gasteiger charge is -2.36. The fourth-order valence-electron chi connectivity index (χ4n) is 3.73. The number of anilines is 1. The number of hydrogen-bond acceptors (Lipinski definition) is 3. The zero-order valence-corrected chi connectivity index (χ0v) is 17.0. The van der Waals surface area contributed by atoms with Crippen LogP contribution in [0.25, 0.3) is 16.7 Å². The van der Waals surface area contributed by atoms with Gasteiger partial charge in [-0.3, -0.25) is 0 Å². The molecule has 0 saturated carbocycles. The highest BCUT2D eigenvalue weighted by molar-refractivity contribution is 5.93. The average molecular weight is 376 g/mol. The first-order valence-electron chi connectivity index (χ1n) is 9.62. The third-order valence-corrected chi connectivity index (χ3v) is 4.88. The summed E-state index contributed by atoms with van der Waals surface area (Å²) in [5, 5.41) is 3.70. The summed E-state index contributed by atoms with van der Waals surface area (Å²) >= 11 is 0. The smallest absolute Gasteiger partial charge is 0.126 e. The minimum Gasteiger partial charge on any atom is -0.496 e. The van der Waals surface area contributed by atoms with Crippen LogP contribution in [0.15, 0.2) is 73.9 Å². The number of fused-ring (bicyclic) bond motifs is 1. The summed E-state index contributed by atoms with van der Waals surface area (Å²) in [5.74, 6) is 0.858. The molecule has 1 aliphatic rings. The number of rotatable bonds is 8. The quantitative estimate of drug-likeness (QED) is 0.566. The number of methoxy groups -OCH3 is 1. The van der Waals surface area contributed by atoms with Crippen LogP contribution in [0.3, 0.4) is 0 Å². The van der Waals surface area contributed by atoms with Gasteiger partial charge in [-0.1, -0.05) is 54.6 Å². The standard InChI is InChI=1S/C25H29NO2/c1-6-11-23(28-16-7-2)21-17-25(3,4)26-24-19(13-10-14-20(21)24)18-12-8-9-15-22(18)27-5/h6-10,12-15,17,23,26H,1-2,11,16H2,3-5H3. The fraction of sp³-hybridized carbons (Fsp3) is 0.280. The number of ether oxygens (including phenoxy) is 2. The molecular weight excluding hydrogens is 346 g/mol. The zero-order chi connectivity index (χ0) is 20.1. The molecular formula is C25H29NO2. The Morgan fingerprint density at radius 2 is 1.71 bits per heavy atom.